The number of hydrogen-bond donors (Lipinski definition) is 1. The van der Waals surface area contributed by atoms with E-state index in [4.69, 9.17) is 4.74 Å². The second-order valence-electron chi connectivity index (χ2n) is 7.84. The Balaban J connectivity index is 1.93. The Labute approximate surface area is 131 Å². The maximum Gasteiger partial charge on any atom is 0.0757 e. The summed E-state index contributed by atoms with van der Waals surface area (Å²) < 4.78 is 6.05. The van der Waals surface area contributed by atoms with Crippen molar-refractivity contribution < 1.29 is 4.74 Å². The summed E-state index contributed by atoms with van der Waals surface area (Å²) in [5.41, 5.74) is 0.00867. The van der Waals surface area contributed by atoms with E-state index in [1.54, 1.807) is 0 Å². The fourth-order valence-electron chi connectivity index (χ4n) is 4.26. The molecule has 3 unspecified atom stereocenters. The third-order valence-electron chi connectivity index (χ3n) is 4.95. The third-order valence-corrected chi connectivity index (χ3v) is 4.95. The molecule has 2 fully saturated rings. The van der Waals surface area contributed by atoms with Gasteiger partial charge in [-0.25, -0.2) is 0 Å². The Morgan fingerprint density at radius 3 is 2.67 bits per heavy atom. The molecule has 1 heterocycles. The first-order chi connectivity index (χ1) is 10.00. The van der Waals surface area contributed by atoms with E-state index >= 15 is 0 Å². The van der Waals surface area contributed by atoms with Gasteiger partial charge in [-0.2, -0.15) is 0 Å². The molecule has 1 saturated heterocycles. The van der Waals surface area contributed by atoms with E-state index in [0.29, 0.717) is 6.10 Å². The van der Waals surface area contributed by atoms with Crippen molar-refractivity contribution in [1.29, 1.82) is 0 Å². The molecule has 0 aromatic rings. The average molecular weight is 296 g/mol. The van der Waals surface area contributed by atoms with Gasteiger partial charge >= 0.3 is 0 Å². The highest BCUT2D eigenvalue weighted by Crippen LogP contribution is 2.27. The molecule has 2 aliphatic rings. The minimum atomic E-state index is 0.00867. The van der Waals surface area contributed by atoms with Crippen LogP contribution in [0, 0.1) is 5.92 Å². The number of nitrogens with zero attached hydrogens (tertiary/aromatic N) is 1. The third kappa shape index (κ3) is 5.54. The van der Waals surface area contributed by atoms with Gasteiger partial charge in [-0.15, -0.1) is 0 Å². The van der Waals surface area contributed by atoms with Crippen LogP contribution in [0.25, 0.3) is 0 Å². The van der Waals surface area contributed by atoms with Crippen LogP contribution in [0.15, 0.2) is 0 Å². The van der Waals surface area contributed by atoms with E-state index < -0.39 is 0 Å². The largest absolute Gasteiger partial charge is 0.370 e. The summed E-state index contributed by atoms with van der Waals surface area (Å²) in [4.78, 5) is 2.66. The van der Waals surface area contributed by atoms with Crippen molar-refractivity contribution >= 4 is 0 Å². The molecule has 0 amide bonds. The molecular weight excluding hydrogens is 260 g/mol. The van der Waals surface area contributed by atoms with Crippen molar-refractivity contribution in [1.82, 2.24) is 10.2 Å². The average Bonchev–Trinajstić information content (AvgIpc) is 2.59. The first kappa shape index (κ1) is 17.2. The lowest BCUT2D eigenvalue weighted by Crippen LogP contribution is -2.54. The van der Waals surface area contributed by atoms with Gasteiger partial charge in [0.25, 0.3) is 0 Å². The molecule has 3 heteroatoms. The first-order valence-electron chi connectivity index (χ1n) is 9.14. The minimum absolute atomic E-state index is 0.00867. The Morgan fingerprint density at radius 2 is 1.95 bits per heavy atom. The van der Waals surface area contributed by atoms with Crippen molar-refractivity contribution in [2.75, 3.05) is 26.2 Å². The number of nitrogens with one attached hydrogen (secondary N) is 1. The van der Waals surface area contributed by atoms with Crippen LogP contribution in [-0.4, -0.2) is 48.8 Å². The van der Waals surface area contributed by atoms with Gasteiger partial charge in [0, 0.05) is 25.7 Å². The van der Waals surface area contributed by atoms with Gasteiger partial charge in [-0.1, -0.05) is 26.2 Å². The molecule has 0 aromatic heterocycles. The maximum atomic E-state index is 6.05. The summed E-state index contributed by atoms with van der Waals surface area (Å²) >= 11 is 0. The SMILES string of the molecule is CCCNC1CCCCCC1CN1CC(C)OC(C)(C)C1. The quantitative estimate of drug-likeness (QED) is 0.787. The molecule has 21 heavy (non-hydrogen) atoms. The molecule has 0 aromatic carbocycles. The van der Waals surface area contributed by atoms with Crippen molar-refractivity contribution in [3.05, 3.63) is 0 Å². The summed E-state index contributed by atoms with van der Waals surface area (Å²) in [6, 6.07) is 0.730. The minimum Gasteiger partial charge on any atom is -0.370 e. The topological polar surface area (TPSA) is 24.5 Å². The van der Waals surface area contributed by atoms with Gasteiger partial charge in [-0.05, 0) is 52.5 Å². The van der Waals surface area contributed by atoms with Crippen molar-refractivity contribution in [2.24, 2.45) is 5.92 Å². The second-order valence-corrected chi connectivity index (χ2v) is 7.84. The Hall–Kier alpha value is -0.120. The second kappa shape index (κ2) is 7.94. The normalized spacial score (nSPS) is 34.6. The van der Waals surface area contributed by atoms with Crippen LogP contribution in [0.4, 0.5) is 0 Å². The molecule has 2 rings (SSSR count). The molecule has 0 spiro atoms. The monoisotopic (exact) mass is 296 g/mol. The molecule has 0 radical (unpaired) electrons. The highest BCUT2D eigenvalue weighted by molar-refractivity contribution is 4.87. The van der Waals surface area contributed by atoms with Crippen LogP contribution in [-0.2, 0) is 4.74 Å². The van der Waals surface area contributed by atoms with E-state index in [0.717, 1.165) is 25.0 Å². The van der Waals surface area contributed by atoms with Gasteiger partial charge in [-0.3, -0.25) is 4.90 Å². The van der Waals surface area contributed by atoms with Gasteiger partial charge in [0.15, 0.2) is 0 Å². The molecule has 0 bridgehead atoms. The van der Waals surface area contributed by atoms with Crippen molar-refractivity contribution in [3.8, 4) is 0 Å². The Morgan fingerprint density at radius 1 is 1.19 bits per heavy atom. The zero-order valence-electron chi connectivity index (χ0n) is 14.7. The van der Waals surface area contributed by atoms with Crippen LogP contribution in [0.3, 0.4) is 0 Å². The van der Waals surface area contributed by atoms with E-state index in [-0.39, 0.29) is 5.60 Å². The van der Waals surface area contributed by atoms with E-state index in [9.17, 15) is 0 Å². The number of ether oxygens (including phenoxy) is 1. The summed E-state index contributed by atoms with van der Waals surface area (Å²) in [6.45, 7) is 13.5. The fourth-order valence-corrected chi connectivity index (χ4v) is 4.26. The molecule has 3 atom stereocenters. The van der Waals surface area contributed by atoms with E-state index in [2.05, 4.69) is 37.9 Å². The van der Waals surface area contributed by atoms with Gasteiger partial charge in [0.2, 0.25) is 0 Å². The molecule has 3 nitrogen and oxygen atoms in total. The molecule has 1 N–H and O–H groups in total. The lowest BCUT2D eigenvalue weighted by molar-refractivity contribution is -0.131. The van der Waals surface area contributed by atoms with Crippen LogP contribution in [0.5, 0.6) is 0 Å². The molecule has 1 saturated carbocycles. The molecule has 1 aliphatic carbocycles. The zero-order valence-corrected chi connectivity index (χ0v) is 14.7. The smallest absolute Gasteiger partial charge is 0.0757 e. The summed E-state index contributed by atoms with van der Waals surface area (Å²) in [5.74, 6) is 0.820. The predicted molar refractivity (Wildman–Crippen MR) is 89.7 cm³/mol. The molecule has 1 aliphatic heterocycles. The van der Waals surface area contributed by atoms with Crippen LogP contribution < -0.4 is 5.32 Å². The predicted octanol–water partition coefficient (Wildman–Crippen LogP) is 3.43. The number of hydrogen-bond acceptors (Lipinski definition) is 3. The lowest BCUT2D eigenvalue weighted by Gasteiger charge is -2.43. The summed E-state index contributed by atoms with van der Waals surface area (Å²) in [7, 11) is 0. The standard InChI is InChI=1S/C18H36N2O/c1-5-11-19-17-10-8-6-7-9-16(17)13-20-12-15(2)21-18(3,4)14-20/h15-17,19H,5-14H2,1-4H3. The van der Waals surface area contributed by atoms with E-state index in [1.165, 1.54) is 51.6 Å². The lowest BCUT2D eigenvalue weighted by atomic mass is 9.92. The van der Waals surface area contributed by atoms with E-state index in [1.807, 2.05) is 0 Å². The van der Waals surface area contributed by atoms with Crippen molar-refractivity contribution in [2.45, 2.75) is 84.0 Å². The fraction of sp³-hybridized carbons (Fsp3) is 1.00. The van der Waals surface area contributed by atoms with Gasteiger partial charge < -0.3 is 10.1 Å². The van der Waals surface area contributed by atoms with Gasteiger partial charge in [0.1, 0.15) is 0 Å². The van der Waals surface area contributed by atoms with Crippen LogP contribution in [0.2, 0.25) is 0 Å². The maximum absolute atomic E-state index is 6.05. The molecule has 124 valence electrons. The Kier molecular flexibility index (Phi) is 6.51. The first-order valence-corrected chi connectivity index (χ1v) is 9.14. The van der Waals surface area contributed by atoms with Crippen LogP contribution >= 0.6 is 0 Å². The van der Waals surface area contributed by atoms with Crippen LogP contribution in [0.1, 0.15) is 66.2 Å². The van der Waals surface area contributed by atoms with Crippen molar-refractivity contribution in [3.63, 3.8) is 0 Å². The van der Waals surface area contributed by atoms with Gasteiger partial charge in [0.05, 0.1) is 11.7 Å². The highest BCUT2D eigenvalue weighted by atomic mass is 16.5. The Bertz CT molecular complexity index is 306. The summed E-state index contributed by atoms with van der Waals surface area (Å²) in [5, 5.41) is 3.82. The summed E-state index contributed by atoms with van der Waals surface area (Å²) in [6.07, 6.45) is 8.61. The molecular formula is C18H36N2O. The highest BCUT2D eigenvalue weighted by Gasteiger charge is 2.33. The zero-order chi connectivity index (χ0) is 15.3. The number of morpholine rings is 1. The number of rotatable bonds is 5.